The van der Waals surface area contributed by atoms with Crippen LogP contribution in [-0.2, 0) is 0 Å². The fraction of sp³-hybridized carbons (Fsp3) is 0.222. The van der Waals surface area contributed by atoms with E-state index in [1.165, 1.54) is 23.5 Å². The lowest BCUT2D eigenvalue weighted by molar-refractivity contribution is 0.901. The Morgan fingerprint density at radius 3 is 2.75 bits per heavy atom. The first kappa shape index (κ1) is 11.7. The smallest absolute Gasteiger partial charge is 0.190 e. The highest BCUT2D eigenvalue weighted by Crippen LogP contribution is 2.30. The number of nitrogen functional groups attached to an aromatic ring is 1. The monoisotopic (exact) mass is 270 g/mol. The number of nitrogens with two attached hydrogens (primary N) is 1. The molecule has 7 heteroatoms. The molecule has 0 fully saturated rings. The predicted octanol–water partition coefficient (Wildman–Crippen LogP) is 2.70. The van der Waals surface area contributed by atoms with E-state index in [-0.39, 0.29) is 0 Å². The van der Waals surface area contributed by atoms with Crippen molar-refractivity contribution < 1.29 is 0 Å². The zero-order valence-corrected chi connectivity index (χ0v) is 11.2. The minimum absolute atomic E-state index is 0.495. The molecule has 0 aliphatic carbocycles. The standard InChI is InChI=1S/C9H10N4S3/c1-5-4-15-9(11-5)16-7-3-6(10)12-8(13-7)14-2/h3-4H,1-2H3,(H2,10,12,13). The summed E-state index contributed by atoms with van der Waals surface area (Å²) < 4.78 is 0.975. The Kier molecular flexibility index (Phi) is 3.67. The van der Waals surface area contributed by atoms with Crippen molar-refractivity contribution in [2.75, 3.05) is 12.0 Å². The first-order chi connectivity index (χ1) is 7.67. The van der Waals surface area contributed by atoms with Gasteiger partial charge in [0.1, 0.15) is 10.8 Å². The SMILES string of the molecule is CSc1nc(N)cc(Sc2nc(C)cs2)n1. The number of aryl methyl sites for hydroxylation is 1. The summed E-state index contributed by atoms with van der Waals surface area (Å²) in [6.07, 6.45) is 1.93. The van der Waals surface area contributed by atoms with Gasteiger partial charge in [-0.1, -0.05) is 11.8 Å². The van der Waals surface area contributed by atoms with E-state index in [9.17, 15) is 0 Å². The van der Waals surface area contributed by atoms with E-state index in [2.05, 4.69) is 15.0 Å². The van der Waals surface area contributed by atoms with Gasteiger partial charge in [0.25, 0.3) is 0 Å². The predicted molar refractivity (Wildman–Crippen MR) is 69.2 cm³/mol. The third-order valence-corrected chi connectivity index (χ3v) is 4.20. The summed E-state index contributed by atoms with van der Waals surface area (Å²) in [6.45, 7) is 1.97. The van der Waals surface area contributed by atoms with E-state index in [4.69, 9.17) is 5.73 Å². The number of hydrogen-bond acceptors (Lipinski definition) is 7. The Bertz CT molecular complexity index is 497. The quantitative estimate of drug-likeness (QED) is 0.525. The summed E-state index contributed by atoms with van der Waals surface area (Å²) in [7, 11) is 0. The van der Waals surface area contributed by atoms with Crippen LogP contribution in [0, 0.1) is 6.92 Å². The van der Waals surface area contributed by atoms with Gasteiger partial charge in [-0.2, -0.15) is 0 Å². The number of thioether (sulfide) groups is 1. The molecule has 0 aromatic carbocycles. The maximum atomic E-state index is 5.70. The molecule has 0 aliphatic heterocycles. The summed E-state index contributed by atoms with van der Waals surface area (Å²) in [6, 6.07) is 1.76. The van der Waals surface area contributed by atoms with Crippen molar-refractivity contribution in [1.29, 1.82) is 0 Å². The fourth-order valence-corrected chi connectivity index (χ4v) is 3.27. The molecule has 84 valence electrons. The van der Waals surface area contributed by atoms with Crippen molar-refractivity contribution in [3.8, 4) is 0 Å². The molecular formula is C9H10N4S3. The molecule has 0 spiro atoms. The lowest BCUT2D eigenvalue weighted by Crippen LogP contribution is -1.95. The van der Waals surface area contributed by atoms with Crippen LogP contribution in [-0.4, -0.2) is 21.2 Å². The van der Waals surface area contributed by atoms with Crippen molar-refractivity contribution in [2.24, 2.45) is 0 Å². The first-order valence-corrected chi connectivity index (χ1v) is 7.38. The van der Waals surface area contributed by atoms with E-state index in [0.29, 0.717) is 11.0 Å². The van der Waals surface area contributed by atoms with Crippen LogP contribution in [0.15, 0.2) is 26.0 Å². The van der Waals surface area contributed by atoms with E-state index in [1.807, 2.05) is 18.6 Å². The van der Waals surface area contributed by atoms with Crippen LogP contribution >= 0.6 is 34.9 Å². The average Bonchev–Trinajstić information content (AvgIpc) is 2.63. The Balaban J connectivity index is 2.24. The minimum atomic E-state index is 0.495. The van der Waals surface area contributed by atoms with Gasteiger partial charge >= 0.3 is 0 Å². The second kappa shape index (κ2) is 5.03. The molecule has 4 nitrogen and oxygen atoms in total. The summed E-state index contributed by atoms with van der Waals surface area (Å²) in [5, 5.41) is 3.55. The third kappa shape index (κ3) is 2.87. The first-order valence-electron chi connectivity index (χ1n) is 4.46. The van der Waals surface area contributed by atoms with Gasteiger partial charge in [-0.15, -0.1) is 11.3 Å². The van der Waals surface area contributed by atoms with Gasteiger partial charge in [-0.25, -0.2) is 15.0 Å². The molecule has 0 saturated carbocycles. The number of thiazole rings is 1. The topological polar surface area (TPSA) is 64.7 Å². The number of hydrogen-bond donors (Lipinski definition) is 1. The van der Waals surface area contributed by atoms with Gasteiger partial charge in [0.15, 0.2) is 9.50 Å². The molecule has 2 rings (SSSR count). The Hall–Kier alpha value is -0.790. The van der Waals surface area contributed by atoms with Crippen molar-refractivity contribution in [2.45, 2.75) is 21.4 Å². The van der Waals surface area contributed by atoms with Crippen molar-refractivity contribution in [3.63, 3.8) is 0 Å². The van der Waals surface area contributed by atoms with Crippen molar-refractivity contribution in [1.82, 2.24) is 15.0 Å². The molecule has 0 saturated heterocycles. The van der Waals surface area contributed by atoms with E-state index in [1.54, 1.807) is 17.4 Å². The van der Waals surface area contributed by atoms with Crippen LogP contribution in [0.1, 0.15) is 5.69 Å². The Labute approximate surface area is 106 Å². The van der Waals surface area contributed by atoms with Crippen molar-refractivity contribution >= 4 is 40.7 Å². The second-order valence-corrected chi connectivity index (χ2v) is 5.87. The van der Waals surface area contributed by atoms with Crippen LogP contribution in [0.2, 0.25) is 0 Å². The van der Waals surface area contributed by atoms with Gasteiger partial charge in [-0.3, -0.25) is 0 Å². The van der Waals surface area contributed by atoms with Crippen LogP contribution < -0.4 is 5.73 Å². The largest absolute Gasteiger partial charge is 0.384 e. The zero-order valence-electron chi connectivity index (χ0n) is 8.80. The van der Waals surface area contributed by atoms with Gasteiger partial charge in [0.05, 0.1) is 0 Å². The number of aromatic nitrogens is 3. The van der Waals surface area contributed by atoms with Gasteiger partial charge < -0.3 is 5.73 Å². The molecule has 16 heavy (non-hydrogen) atoms. The minimum Gasteiger partial charge on any atom is -0.384 e. The molecule has 0 atom stereocenters. The normalized spacial score (nSPS) is 10.6. The molecule has 0 aliphatic rings. The van der Waals surface area contributed by atoms with Gasteiger partial charge in [-0.05, 0) is 24.9 Å². The maximum Gasteiger partial charge on any atom is 0.190 e. The Morgan fingerprint density at radius 1 is 1.31 bits per heavy atom. The van der Waals surface area contributed by atoms with E-state index < -0.39 is 0 Å². The molecule has 0 bridgehead atoms. The number of nitrogens with zero attached hydrogens (tertiary/aromatic N) is 3. The Morgan fingerprint density at radius 2 is 2.12 bits per heavy atom. The van der Waals surface area contributed by atoms with Crippen LogP contribution in [0.5, 0.6) is 0 Å². The molecule has 2 aromatic heterocycles. The van der Waals surface area contributed by atoms with Crippen LogP contribution in [0.4, 0.5) is 5.82 Å². The molecular weight excluding hydrogens is 260 g/mol. The summed E-state index contributed by atoms with van der Waals surface area (Å²) in [5.41, 5.74) is 6.73. The van der Waals surface area contributed by atoms with Gasteiger partial charge in [0, 0.05) is 17.1 Å². The second-order valence-electron chi connectivity index (χ2n) is 2.97. The maximum absolute atomic E-state index is 5.70. The number of rotatable bonds is 3. The fourth-order valence-electron chi connectivity index (χ4n) is 1.03. The highest BCUT2D eigenvalue weighted by atomic mass is 32.2. The third-order valence-electron chi connectivity index (χ3n) is 1.67. The lowest BCUT2D eigenvalue weighted by atomic mass is 10.6. The highest BCUT2D eigenvalue weighted by molar-refractivity contribution is 8.01. The molecule has 2 aromatic rings. The molecule has 2 N–H and O–H groups in total. The van der Waals surface area contributed by atoms with Crippen LogP contribution in [0.25, 0.3) is 0 Å². The lowest BCUT2D eigenvalue weighted by Gasteiger charge is -2.01. The molecule has 0 unspecified atom stereocenters. The number of anilines is 1. The van der Waals surface area contributed by atoms with Crippen molar-refractivity contribution in [3.05, 3.63) is 17.1 Å². The average molecular weight is 270 g/mol. The summed E-state index contributed by atoms with van der Waals surface area (Å²) >= 11 is 4.60. The molecule has 2 heterocycles. The summed E-state index contributed by atoms with van der Waals surface area (Å²) in [5.74, 6) is 0.495. The highest BCUT2D eigenvalue weighted by Gasteiger charge is 2.06. The van der Waals surface area contributed by atoms with E-state index in [0.717, 1.165) is 15.1 Å². The van der Waals surface area contributed by atoms with Gasteiger partial charge in [0.2, 0.25) is 0 Å². The molecule has 0 radical (unpaired) electrons. The molecule has 0 amide bonds. The van der Waals surface area contributed by atoms with E-state index >= 15 is 0 Å². The zero-order chi connectivity index (χ0) is 11.5. The van der Waals surface area contributed by atoms with Crippen LogP contribution in [0.3, 0.4) is 0 Å². The summed E-state index contributed by atoms with van der Waals surface area (Å²) in [4.78, 5) is 12.8.